The lowest BCUT2D eigenvalue weighted by molar-refractivity contribution is 0.867. The molecule has 1 rings (SSSR count). The van der Waals surface area contributed by atoms with E-state index < -0.39 is 0 Å². The SMILES string of the molecule is CCCc1cc([N-]C)n[nH]1. The topological polar surface area (TPSA) is 42.8 Å². The first kappa shape index (κ1) is 7.12. The Bertz CT molecular complexity index is 192. The minimum absolute atomic E-state index is 0.795. The molecule has 1 aromatic heterocycles. The maximum atomic E-state index is 3.96. The van der Waals surface area contributed by atoms with Gasteiger partial charge in [-0.3, -0.25) is 0 Å². The van der Waals surface area contributed by atoms with Gasteiger partial charge in [-0.1, -0.05) is 20.4 Å². The van der Waals surface area contributed by atoms with Crippen molar-refractivity contribution in [1.82, 2.24) is 10.2 Å². The summed E-state index contributed by atoms with van der Waals surface area (Å²) in [4.78, 5) is 0. The van der Waals surface area contributed by atoms with E-state index in [4.69, 9.17) is 0 Å². The molecular formula is C7H12N3-. The fourth-order valence-electron chi connectivity index (χ4n) is 0.861. The highest BCUT2D eigenvalue weighted by atomic mass is 15.2. The molecule has 1 aromatic rings. The number of hydrogen-bond acceptors (Lipinski definition) is 1. The van der Waals surface area contributed by atoms with Crippen LogP contribution in [0, 0.1) is 0 Å². The summed E-state index contributed by atoms with van der Waals surface area (Å²) in [6, 6.07) is 1.98. The first-order valence-electron chi connectivity index (χ1n) is 3.51. The third-order valence-electron chi connectivity index (χ3n) is 1.37. The first-order chi connectivity index (χ1) is 4.86. The van der Waals surface area contributed by atoms with Crippen LogP contribution in [-0.2, 0) is 6.42 Å². The van der Waals surface area contributed by atoms with E-state index >= 15 is 0 Å². The summed E-state index contributed by atoms with van der Waals surface area (Å²) in [5.74, 6) is 0.795. The summed E-state index contributed by atoms with van der Waals surface area (Å²) in [6.07, 6.45) is 2.20. The highest BCUT2D eigenvalue weighted by Crippen LogP contribution is 2.12. The molecule has 0 radical (unpaired) electrons. The van der Waals surface area contributed by atoms with Crippen LogP contribution in [0.15, 0.2) is 6.07 Å². The number of aromatic amines is 1. The van der Waals surface area contributed by atoms with Crippen molar-refractivity contribution < 1.29 is 0 Å². The number of rotatable bonds is 3. The van der Waals surface area contributed by atoms with Crippen molar-refractivity contribution in [3.05, 3.63) is 17.1 Å². The molecule has 10 heavy (non-hydrogen) atoms. The molecule has 0 unspecified atom stereocenters. The maximum absolute atomic E-state index is 3.96. The van der Waals surface area contributed by atoms with Gasteiger partial charge < -0.3 is 15.5 Å². The largest absolute Gasteiger partial charge is 0.468 e. The van der Waals surface area contributed by atoms with E-state index in [1.807, 2.05) is 6.07 Å². The van der Waals surface area contributed by atoms with E-state index in [0.717, 1.165) is 18.7 Å². The summed E-state index contributed by atoms with van der Waals surface area (Å²) in [5.41, 5.74) is 1.17. The lowest BCUT2D eigenvalue weighted by Gasteiger charge is -1.98. The van der Waals surface area contributed by atoms with Crippen LogP contribution in [0.4, 0.5) is 5.82 Å². The minimum atomic E-state index is 0.795. The second-order valence-corrected chi connectivity index (χ2v) is 2.22. The van der Waals surface area contributed by atoms with Crippen molar-refractivity contribution in [2.45, 2.75) is 19.8 Å². The predicted octanol–water partition coefficient (Wildman–Crippen LogP) is 2.00. The number of H-pyrrole nitrogens is 1. The third kappa shape index (κ3) is 1.50. The normalized spacial score (nSPS) is 9.80. The van der Waals surface area contributed by atoms with Gasteiger partial charge in [0.05, 0.1) is 0 Å². The van der Waals surface area contributed by atoms with Crippen molar-refractivity contribution in [1.29, 1.82) is 0 Å². The molecule has 0 aliphatic rings. The molecule has 0 aromatic carbocycles. The van der Waals surface area contributed by atoms with Crippen LogP contribution in [0.3, 0.4) is 0 Å². The average molecular weight is 138 g/mol. The molecule has 3 heteroatoms. The Labute approximate surface area is 60.8 Å². The number of nitrogens with zero attached hydrogens (tertiary/aromatic N) is 2. The maximum Gasteiger partial charge on any atom is 0.0136 e. The highest BCUT2D eigenvalue weighted by Gasteiger charge is 1.88. The molecular weight excluding hydrogens is 126 g/mol. The van der Waals surface area contributed by atoms with Crippen LogP contribution >= 0.6 is 0 Å². The number of hydrogen-bond donors (Lipinski definition) is 1. The Morgan fingerprint density at radius 1 is 1.70 bits per heavy atom. The Morgan fingerprint density at radius 2 is 2.50 bits per heavy atom. The van der Waals surface area contributed by atoms with Gasteiger partial charge in [0.15, 0.2) is 0 Å². The smallest absolute Gasteiger partial charge is 0.0136 e. The van der Waals surface area contributed by atoms with Gasteiger partial charge in [0, 0.05) is 5.69 Å². The zero-order valence-corrected chi connectivity index (χ0v) is 6.39. The minimum Gasteiger partial charge on any atom is -0.468 e. The van der Waals surface area contributed by atoms with E-state index in [1.165, 1.54) is 5.69 Å². The summed E-state index contributed by atoms with van der Waals surface area (Å²) in [6.45, 7) is 2.14. The predicted molar refractivity (Wildman–Crippen MR) is 41.5 cm³/mol. The quantitative estimate of drug-likeness (QED) is 0.682. The van der Waals surface area contributed by atoms with E-state index in [9.17, 15) is 0 Å². The van der Waals surface area contributed by atoms with Crippen LogP contribution in [0.2, 0.25) is 0 Å². The number of aryl methyl sites for hydroxylation is 1. The Kier molecular flexibility index (Phi) is 2.31. The van der Waals surface area contributed by atoms with Gasteiger partial charge in [-0.25, -0.2) is 0 Å². The lowest BCUT2D eigenvalue weighted by Crippen LogP contribution is -1.80. The van der Waals surface area contributed by atoms with Crippen LogP contribution in [-0.4, -0.2) is 17.2 Å². The summed E-state index contributed by atoms with van der Waals surface area (Å²) in [5, 5.41) is 10.8. The molecule has 0 atom stereocenters. The fourth-order valence-corrected chi connectivity index (χ4v) is 0.861. The van der Waals surface area contributed by atoms with Gasteiger partial charge in [0.1, 0.15) is 0 Å². The first-order valence-corrected chi connectivity index (χ1v) is 3.51. The third-order valence-corrected chi connectivity index (χ3v) is 1.37. The van der Waals surface area contributed by atoms with Gasteiger partial charge in [0.25, 0.3) is 0 Å². The Hall–Kier alpha value is -0.990. The van der Waals surface area contributed by atoms with Gasteiger partial charge >= 0.3 is 0 Å². The Morgan fingerprint density at radius 3 is 3.00 bits per heavy atom. The summed E-state index contributed by atoms with van der Waals surface area (Å²) in [7, 11) is 1.74. The van der Waals surface area contributed by atoms with Crippen LogP contribution < -0.4 is 0 Å². The van der Waals surface area contributed by atoms with Crippen molar-refractivity contribution in [3.63, 3.8) is 0 Å². The van der Waals surface area contributed by atoms with Crippen molar-refractivity contribution in [2.24, 2.45) is 0 Å². The second kappa shape index (κ2) is 3.25. The van der Waals surface area contributed by atoms with Gasteiger partial charge in [-0.05, 0) is 18.3 Å². The number of nitrogens with one attached hydrogen (secondary N) is 1. The zero-order chi connectivity index (χ0) is 7.40. The zero-order valence-electron chi connectivity index (χ0n) is 6.39. The molecule has 0 aliphatic carbocycles. The van der Waals surface area contributed by atoms with Crippen molar-refractivity contribution in [2.75, 3.05) is 7.05 Å². The molecule has 0 saturated carbocycles. The van der Waals surface area contributed by atoms with Gasteiger partial charge in [0.2, 0.25) is 0 Å². The van der Waals surface area contributed by atoms with Crippen LogP contribution in [0.1, 0.15) is 19.0 Å². The van der Waals surface area contributed by atoms with Crippen LogP contribution in [0.25, 0.3) is 5.32 Å². The molecule has 1 heterocycles. The van der Waals surface area contributed by atoms with Gasteiger partial charge in [-0.15, -0.1) is 0 Å². The highest BCUT2D eigenvalue weighted by molar-refractivity contribution is 5.39. The summed E-state index contributed by atoms with van der Waals surface area (Å²) < 4.78 is 0. The molecule has 56 valence electrons. The molecule has 1 N–H and O–H groups in total. The standard InChI is InChI=1S/C7H12N3/c1-3-4-6-5-7(8-2)10-9-6/h5H,3-4H2,1-2H3,(H-,8,9,10)/q-1. The van der Waals surface area contributed by atoms with E-state index in [2.05, 4.69) is 22.4 Å². The van der Waals surface area contributed by atoms with Gasteiger partial charge in [-0.2, -0.15) is 0 Å². The molecule has 0 spiro atoms. The lowest BCUT2D eigenvalue weighted by atomic mass is 10.2. The summed E-state index contributed by atoms with van der Waals surface area (Å²) >= 11 is 0. The molecule has 0 bridgehead atoms. The number of aromatic nitrogens is 2. The van der Waals surface area contributed by atoms with Crippen LogP contribution in [0.5, 0.6) is 0 Å². The second-order valence-electron chi connectivity index (χ2n) is 2.22. The average Bonchev–Trinajstić information content (AvgIpc) is 2.37. The molecule has 0 amide bonds. The van der Waals surface area contributed by atoms with Crippen molar-refractivity contribution >= 4 is 5.82 Å². The van der Waals surface area contributed by atoms with E-state index in [-0.39, 0.29) is 0 Å². The fraction of sp³-hybridized carbons (Fsp3) is 0.571. The van der Waals surface area contributed by atoms with E-state index in [1.54, 1.807) is 7.05 Å². The van der Waals surface area contributed by atoms with E-state index in [0.29, 0.717) is 0 Å². The molecule has 0 aliphatic heterocycles. The molecule has 3 nitrogen and oxygen atoms in total. The molecule has 0 saturated heterocycles. The van der Waals surface area contributed by atoms with Crippen molar-refractivity contribution in [3.8, 4) is 0 Å². The Balaban J connectivity index is 2.59. The molecule has 0 fully saturated rings. The monoisotopic (exact) mass is 138 g/mol.